The van der Waals surface area contributed by atoms with Crippen LogP contribution in [0.4, 0.5) is 11.9 Å². The van der Waals surface area contributed by atoms with Gasteiger partial charge in [-0.05, 0) is 18.5 Å². The molecule has 1 N–H and O–H groups in total. The van der Waals surface area contributed by atoms with Gasteiger partial charge in [-0.25, -0.2) is 0 Å². The zero-order chi connectivity index (χ0) is 12.0. The van der Waals surface area contributed by atoms with Crippen LogP contribution in [0.25, 0.3) is 0 Å². The van der Waals surface area contributed by atoms with Crippen LogP contribution < -0.4 is 10.2 Å². The zero-order valence-electron chi connectivity index (χ0n) is 9.24. The normalized spacial score (nSPS) is 9.62. The Hall–Kier alpha value is -1.61. The van der Waals surface area contributed by atoms with Gasteiger partial charge in [0.05, 0.1) is 12.5 Å². The van der Waals surface area contributed by atoms with E-state index in [1.54, 1.807) is 11.9 Å². The van der Waals surface area contributed by atoms with Crippen LogP contribution in [0.15, 0.2) is 0 Å². The number of nitriles is 1. The predicted octanol–water partition coefficient (Wildman–Crippen LogP) is 1.31. The fourth-order valence-electron chi connectivity index (χ4n) is 1.07. The average Bonchev–Trinajstić information content (AvgIpc) is 2.25. The molecule has 0 aliphatic carbocycles. The molecule has 1 rings (SSSR count). The van der Waals surface area contributed by atoms with Crippen molar-refractivity contribution in [2.24, 2.45) is 0 Å². The molecule has 1 aromatic rings. The van der Waals surface area contributed by atoms with Crippen molar-refractivity contribution in [2.45, 2.75) is 13.3 Å². The number of nitrogens with zero attached hydrogens (tertiary/aromatic N) is 5. The summed E-state index contributed by atoms with van der Waals surface area (Å²) in [6.45, 7) is 3.21. The van der Waals surface area contributed by atoms with Crippen LogP contribution in [0.2, 0.25) is 5.28 Å². The van der Waals surface area contributed by atoms with Gasteiger partial charge in [0.25, 0.3) is 0 Å². The van der Waals surface area contributed by atoms with Gasteiger partial charge >= 0.3 is 0 Å². The van der Waals surface area contributed by atoms with Gasteiger partial charge in [0.2, 0.25) is 17.2 Å². The smallest absolute Gasteiger partial charge is 0.231 e. The second-order valence-corrected chi connectivity index (χ2v) is 3.43. The minimum absolute atomic E-state index is 0.143. The number of nitrogens with one attached hydrogen (secondary N) is 1. The summed E-state index contributed by atoms with van der Waals surface area (Å²) in [6, 6.07) is 2.06. The molecule has 0 fully saturated rings. The predicted molar refractivity (Wildman–Crippen MR) is 62.5 cm³/mol. The molecular formula is C9H13ClN6. The minimum atomic E-state index is 0.143. The van der Waals surface area contributed by atoms with E-state index in [0.29, 0.717) is 31.4 Å². The quantitative estimate of drug-likeness (QED) is 0.836. The van der Waals surface area contributed by atoms with E-state index in [1.165, 1.54) is 0 Å². The van der Waals surface area contributed by atoms with Crippen LogP contribution in [0.5, 0.6) is 0 Å². The Kier molecular flexibility index (Phi) is 4.73. The van der Waals surface area contributed by atoms with E-state index < -0.39 is 0 Å². The Morgan fingerprint density at radius 3 is 2.81 bits per heavy atom. The van der Waals surface area contributed by atoms with Crippen LogP contribution in [-0.2, 0) is 0 Å². The molecule has 0 radical (unpaired) electrons. The second-order valence-electron chi connectivity index (χ2n) is 3.09. The van der Waals surface area contributed by atoms with E-state index >= 15 is 0 Å². The first-order valence-electron chi connectivity index (χ1n) is 4.91. The molecule has 1 aromatic heterocycles. The third-order valence-corrected chi connectivity index (χ3v) is 2.00. The summed E-state index contributed by atoms with van der Waals surface area (Å²) in [5, 5.41) is 11.6. The van der Waals surface area contributed by atoms with E-state index in [-0.39, 0.29) is 5.28 Å². The van der Waals surface area contributed by atoms with Gasteiger partial charge in [-0.15, -0.1) is 0 Å². The molecule has 0 atom stereocenters. The molecule has 0 bridgehead atoms. The molecule has 16 heavy (non-hydrogen) atoms. The van der Waals surface area contributed by atoms with Gasteiger partial charge in [-0.1, -0.05) is 0 Å². The summed E-state index contributed by atoms with van der Waals surface area (Å²) >= 11 is 5.77. The molecule has 0 amide bonds. The molecule has 0 aliphatic rings. The van der Waals surface area contributed by atoms with Crippen molar-refractivity contribution in [3.8, 4) is 6.07 Å². The Labute approximate surface area is 99.3 Å². The topological polar surface area (TPSA) is 77.7 Å². The second kappa shape index (κ2) is 6.08. The largest absolute Gasteiger partial charge is 0.354 e. The molecule has 86 valence electrons. The molecule has 0 aromatic carbocycles. The van der Waals surface area contributed by atoms with E-state index in [4.69, 9.17) is 16.9 Å². The van der Waals surface area contributed by atoms with Crippen LogP contribution in [-0.4, -0.2) is 35.1 Å². The number of anilines is 2. The summed E-state index contributed by atoms with van der Waals surface area (Å²) in [4.78, 5) is 13.9. The number of hydrogen-bond donors (Lipinski definition) is 1. The van der Waals surface area contributed by atoms with Crippen molar-refractivity contribution in [3.63, 3.8) is 0 Å². The zero-order valence-corrected chi connectivity index (χ0v) is 9.99. The summed E-state index contributed by atoms with van der Waals surface area (Å²) < 4.78 is 0. The average molecular weight is 241 g/mol. The van der Waals surface area contributed by atoms with Gasteiger partial charge in [0.15, 0.2) is 0 Å². The number of aromatic nitrogens is 3. The van der Waals surface area contributed by atoms with Crippen molar-refractivity contribution >= 4 is 23.5 Å². The SMILES string of the molecule is CCNc1nc(Cl)nc(N(C)CCC#N)n1. The van der Waals surface area contributed by atoms with Crippen molar-refractivity contribution in [2.75, 3.05) is 30.4 Å². The van der Waals surface area contributed by atoms with Gasteiger partial charge < -0.3 is 10.2 Å². The maximum Gasteiger partial charge on any atom is 0.231 e. The highest BCUT2D eigenvalue weighted by atomic mass is 35.5. The maximum atomic E-state index is 8.49. The highest BCUT2D eigenvalue weighted by Crippen LogP contribution is 2.12. The fourth-order valence-corrected chi connectivity index (χ4v) is 1.22. The van der Waals surface area contributed by atoms with Gasteiger partial charge in [0.1, 0.15) is 0 Å². The van der Waals surface area contributed by atoms with E-state index in [9.17, 15) is 0 Å². The molecule has 0 aliphatic heterocycles. The molecule has 0 saturated heterocycles. The molecule has 6 nitrogen and oxygen atoms in total. The van der Waals surface area contributed by atoms with Crippen LogP contribution in [0, 0.1) is 11.3 Å². The van der Waals surface area contributed by atoms with Gasteiger partial charge in [0, 0.05) is 20.1 Å². The maximum absolute atomic E-state index is 8.49. The number of halogens is 1. The van der Waals surface area contributed by atoms with Crippen molar-refractivity contribution in [3.05, 3.63) is 5.28 Å². The summed E-state index contributed by atoms with van der Waals surface area (Å²) in [5.41, 5.74) is 0. The summed E-state index contributed by atoms with van der Waals surface area (Å²) in [5.74, 6) is 0.910. The lowest BCUT2D eigenvalue weighted by atomic mass is 10.4. The first-order chi connectivity index (χ1) is 7.67. The third-order valence-electron chi connectivity index (χ3n) is 1.83. The lowest BCUT2D eigenvalue weighted by Gasteiger charge is -2.15. The fraction of sp³-hybridized carbons (Fsp3) is 0.556. The van der Waals surface area contributed by atoms with E-state index in [2.05, 4.69) is 26.3 Å². The van der Waals surface area contributed by atoms with Crippen LogP contribution in [0.3, 0.4) is 0 Å². The molecule has 1 heterocycles. The van der Waals surface area contributed by atoms with Gasteiger partial charge in [-0.3, -0.25) is 0 Å². The molecule has 0 spiro atoms. The van der Waals surface area contributed by atoms with Crippen LogP contribution >= 0.6 is 11.6 Å². The molecular weight excluding hydrogens is 228 g/mol. The Bertz CT molecular complexity index is 388. The lowest BCUT2D eigenvalue weighted by Crippen LogP contribution is -2.21. The molecule has 0 saturated carbocycles. The first-order valence-corrected chi connectivity index (χ1v) is 5.28. The Morgan fingerprint density at radius 2 is 2.19 bits per heavy atom. The number of rotatable bonds is 5. The van der Waals surface area contributed by atoms with E-state index in [1.807, 2.05) is 6.92 Å². The van der Waals surface area contributed by atoms with Crippen molar-refractivity contribution in [1.29, 1.82) is 5.26 Å². The standard InChI is InChI=1S/C9H13ClN6/c1-3-12-8-13-7(10)14-9(15-8)16(2)6-4-5-11/h3-4,6H2,1-2H3,(H,12,13,14,15). The molecule has 0 unspecified atom stereocenters. The highest BCUT2D eigenvalue weighted by molar-refractivity contribution is 6.28. The van der Waals surface area contributed by atoms with Gasteiger partial charge in [-0.2, -0.15) is 20.2 Å². The number of hydrogen-bond acceptors (Lipinski definition) is 6. The molecule has 7 heteroatoms. The Balaban J connectivity index is 2.82. The van der Waals surface area contributed by atoms with Crippen molar-refractivity contribution in [1.82, 2.24) is 15.0 Å². The summed E-state index contributed by atoms with van der Waals surface area (Å²) in [6.07, 6.45) is 0.413. The van der Waals surface area contributed by atoms with E-state index in [0.717, 1.165) is 0 Å². The minimum Gasteiger partial charge on any atom is -0.354 e. The monoisotopic (exact) mass is 240 g/mol. The first kappa shape index (κ1) is 12.5. The van der Waals surface area contributed by atoms with Crippen molar-refractivity contribution < 1.29 is 0 Å². The third kappa shape index (κ3) is 3.51. The Morgan fingerprint density at radius 1 is 1.44 bits per heavy atom. The lowest BCUT2D eigenvalue weighted by molar-refractivity contribution is 0.846. The summed E-state index contributed by atoms with van der Waals surface area (Å²) in [7, 11) is 1.80. The van der Waals surface area contributed by atoms with Crippen LogP contribution in [0.1, 0.15) is 13.3 Å². The highest BCUT2D eigenvalue weighted by Gasteiger charge is 2.08.